The van der Waals surface area contributed by atoms with Gasteiger partial charge in [0.25, 0.3) is 0 Å². The predicted octanol–water partition coefficient (Wildman–Crippen LogP) is 0.896. The maximum atomic E-state index is 5.67. The van der Waals surface area contributed by atoms with Crippen molar-refractivity contribution in [3.63, 3.8) is 0 Å². The van der Waals surface area contributed by atoms with E-state index in [9.17, 15) is 0 Å². The molecule has 3 nitrogen and oxygen atoms in total. The van der Waals surface area contributed by atoms with E-state index in [2.05, 4.69) is 30.8 Å². The maximum absolute atomic E-state index is 5.67. The van der Waals surface area contributed by atoms with Crippen molar-refractivity contribution in [3.05, 3.63) is 17.0 Å². The van der Waals surface area contributed by atoms with Crippen molar-refractivity contribution < 1.29 is 0 Å². The first-order chi connectivity index (χ1) is 5.25. The van der Waals surface area contributed by atoms with Crippen LogP contribution >= 0.6 is 20.8 Å². The van der Waals surface area contributed by atoms with Gasteiger partial charge in [0.15, 0.2) is 0 Å². The standard InChI is InChI=1S/C6H5ClN3P/c7-5-4(1-2-11)6(8)10-3-9-5/h3H,11H2,(H2,8,9,10). The fourth-order valence-corrected chi connectivity index (χ4v) is 0.896. The third-order valence-corrected chi connectivity index (χ3v) is 1.46. The molecular weight excluding hydrogens is 181 g/mol. The number of rotatable bonds is 0. The molecule has 0 fully saturated rings. The molecule has 1 aromatic heterocycles. The highest BCUT2D eigenvalue weighted by molar-refractivity contribution is 7.23. The van der Waals surface area contributed by atoms with E-state index in [4.69, 9.17) is 17.3 Å². The molecule has 0 aromatic carbocycles. The molecule has 11 heavy (non-hydrogen) atoms. The van der Waals surface area contributed by atoms with Gasteiger partial charge in [-0.2, -0.15) is 0 Å². The first-order valence-electron chi connectivity index (χ1n) is 2.73. The summed E-state index contributed by atoms with van der Waals surface area (Å²) in [4.78, 5) is 7.45. The Morgan fingerprint density at radius 2 is 2.27 bits per heavy atom. The van der Waals surface area contributed by atoms with E-state index in [1.54, 1.807) is 0 Å². The topological polar surface area (TPSA) is 51.8 Å². The minimum atomic E-state index is 0.285. The summed E-state index contributed by atoms with van der Waals surface area (Å²) in [6.07, 6.45) is 1.30. The van der Waals surface area contributed by atoms with Crippen LogP contribution in [0.15, 0.2) is 6.33 Å². The molecule has 0 saturated carbocycles. The molecule has 1 atom stereocenters. The van der Waals surface area contributed by atoms with Crippen molar-refractivity contribution in [1.29, 1.82) is 0 Å². The van der Waals surface area contributed by atoms with Gasteiger partial charge in [-0.05, 0) is 0 Å². The second-order valence-corrected chi connectivity index (χ2v) is 2.34. The Kier molecular flexibility index (Phi) is 2.64. The Morgan fingerprint density at radius 1 is 1.55 bits per heavy atom. The van der Waals surface area contributed by atoms with E-state index in [0.29, 0.717) is 11.4 Å². The summed E-state index contributed by atoms with van der Waals surface area (Å²) in [5, 5.41) is 0.285. The molecule has 0 bridgehead atoms. The van der Waals surface area contributed by atoms with Gasteiger partial charge >= 0.3 is 0 Å². The average Bonchev–Trinajstić information content (AvgIpc) is 1.97. The molecule has 1 unspecified atom stereocenters. The fraction of sp³-hybridized carbons (Fsp3) is 0. The molecule has 0 amide bonds. The SMILES string of the molecule is Nc1ncnc(Cl)c1C#CP. The van der Waals surface area contributed by atoms with E-state index in [1.807, 2.05) is 0 Å². The van der Waals surface area contributed by atoms with E-state index in [0.717, 1.165) is 0 Å². The number of anilines is 1. The van der Waals surface area contributed by atoms with Crippen molar-refractivity contribution in [3.8, 4) is 11.6 Å². The van der Waals surface area contributed by atoms with Gasteiger partial charge in [0.1, 0.15) is 22.9 Å². The van der Waals surface area contributed by atoms with Crippen molar-refractivity contribution in [2.45, 2.75) is 0 Å². The van der Waals surface area contributed by atoms with Gasteiger partial charge in [-0.15, -0.1) is 0 Å². The molecule has 2 N–H and O–H groups in total. The van der Waals surface area contributed by atoms with Crippen LogP contribution in [0, 0.1) is 11.6 Å². The van der Waals surface area contributed by atoms with E-state index >= 15 is 0 Å². The zero-order valence-corrected chi connectivity index (χ0v) is 7.42. The lowest BCUT2D eigenvalue weighted by atomic mass is 10.3. The molecule has 0 saturated heterocycles. The summed E-state index contributed by atoms with van der Waals surface area (Å²) in [5.41, 5.74) is 8.52. The molecule has 1 heterocycles. The molecule has 1 aromatic rings. The van der Waals surface area contributed by atoms with Crippen molar-refractivity contribution >= 4 is 26.7 Å². The van der Waals surface area contributed by atoms with E-state index in [-0.39, 0.29) is 5.15 Å². The third kappa shape index (κ3) is 1.80. The Bertz CT molecular complexity index is 308. The third-order valence-electron chi connectivity index (χ3n) is 1.03. The number of hydrogen-bond donors (Lipinski definition) is 1. The summed E-state index contributed by atoms with van der Waals surface area (Å²) in [5.74, 6) is 2.98. The van der Waals surface area contributed by atoms with Gasteiger partial charge in [-0.1, -0.05) is 32.4 Å². The fourth-order valence-electron chi connectivity index (χ4n) is 0.564. The van der Waals surface area contributed by atoms with Crippen LogP contribution in [-0.2, 0) is 0 Å². The number of nitrogen functional groups attached to an aromatic ring is 1. The highest BCUT2D eigenvalue weighted by Crippen LogP contribution is 2.14. The minimum Gasteiger partial charge on any atom is -0.383 e. The van der Waals surface area contributed by atoms with Gasteiger partial charge in [0, 0.05) is 0 Å². The quantitative estimate of drug-likeness (QED) is 0.371. The van der Waals surface area contributed by atoms with Crippen molar-refractivity contribution in [2.24, 2.45) is 0 Å². The largest absolute Gasteiger partial charge is 0.383 e. The van der Waals surface area contributed by atoms with Crippen LogP contribution in [0.5, 0.6) is 0 Å². The average molecular weight is 186 g/mol. The monoisotopic (exact) mass is 185 g/mol. The number of nitrogens with two attached hydrogens (primary N) is 1. The number of hydrogen-bond acceptors (Lipinski definition) is 3. The van der Waals surface area contributed by atoms with Crippen molar-refractivity contribution in [2.75, 3.05) is 5.73 Å². The highest BCUT2D eigenvalue weighted by Gasteiger charge is 2.02. The van der Waals surface area contributed by atoms with Crippen LogP contribution in [-0.4, -0.2) is 9.97 Å². The Hall–Kier alpha value is -0.840. The van der Waals surface area contributed by atoms with Crippen LogP contribution in [0.4, 0.5) is 5.82 Å². The summed E-state index contributed by atoms with van der Waals surface area (Å²) in [6.45, 7) is 0. The summed E-state index contributed by atoms with van der Waals surface area (Å²) >= 11 is 5.67. The Morgan fingerprint density at radius 3 is 2.82 bits per heavy atom. The van der Waals surface area contributed by atoms with Gasteiger partial charge in [0.2, 0.25) is 0 Å². The Balaban J connectivity index is 3.28. The minimum absolute atomic E-state index is 0.285. The van der Waals surface area contributed by atoms with Crippen LogP contribution in [0.1, 0.15) is 5.56 Å². The normalized spacial score (nSPS) is 8.55. The highest BCUT2D eigenvalue weighted by atomic mass is 35.5. The molecule has 0 radical (unpaired) electrons. The van der Waals surface area contributed by atoms with Gasteiger partial charge in [-0.25, -0.2) is 9.97 Å². The molecule has 0 spiro atoms. The zero-order valence-electron chi connectivity index (χ0n) is 5.50. The van der Waals surface area contributed by atoms with Crippen LogP contribution in [0.25, 0.3) is 0 Å². The molecule has 56 valence electrons. The van der Waals surface area contributed by atoms with Gasteiger partial charge < -0.3 is 5.73 Å². The molecule has 0 aliphatic heterocycles. The molecule has 1 rings (SSSR count). The van der Waals surface area contributed by atoms with Crippen molar-refractivity contribution in [1.82, 2.24) is 9.97 Å². The van der Waals surface area contributed by atoms with E-state index in [1.165, 1.54) is 6.33 Å². The number of halogens is 1. The molecule has 5 heteroatoms. The maximum Gasteiger partial charge on any atom is 0.150 e. The second kappa shape index (κ2) is 3.52. The number of aromatic nitrogens is 2. The lowest BCUT2D eigenvalue weighted by Gasteiger charge is -1.96. The summed E-state index contributed by atoms with van der Waals surface area (Å²) in [7, 11) is 2.24. The number of nitrogens with zero attached hydrogens (tertiary/aromatic N) is 2. The second-order valence-electron chi connectivity index (χ2n) is 1.69. The summed E-state index contributed by atoms with van der Waals surface area (Å²) in [6, 6.07) is 0. The zero-order chi connectivity index (χ0) is 8.27. The van der Waals surface area contributed by atoms with Crippen LogP contribution in [0.2, 0.25) is 5.15 Å². The van der Waals surface area contributed by atoms with E-state index < -0.39 is 0 Å². The summed E-state index contributed by atoms with van der Waals surface area (Å²) < 4.78 is 0. The predicted molar refractivity (Wildman–Crippen MR) is 48.0 cm³/mol. The molecular formula is C6H5ClN3P. The van der Waals surface area contributed by atoms with Gasteiger partial charge in [-0.3, -0.25) is 0 Å². The van der Waals surface area contributed by atoms with Gasteiger partial charge in [0.05, 0.1) is 0 Å². The Labute approximate surface area is 71.6 Å². The smallest absolute Gasteiger partial charge is 0.150 e. The molecule has 0 aliphatic rings. The lowest BCUT2D eigenvalue weighted by molar-refractivity contribution is 1.17. The molecule has 0 aliphatic carbocycles. The first kappa shape index (κ1) is 8.26. The van der Waals surface area contributed by atoms with Crippen LogP contribution < -0.4 is 5.73 Å². The lowest BCUT2D eigenvalue weighted by Crippen LogP contribution is -1.96. The first-order valence-corrected chi connectivity index (χ1v) is 3.69. The van der Waals surface area contributed by atoms with Crippen LogP contribution in [0.3, 0.4) is 0 Å².